The van der Waals surface area contributed by atoms with Gasteiger partial charge in [0.15, 0.2) is 0 Å². The predicted octanol–water partition coefficient (Wildman–Crippen LogP) is 2.73. The van der Waals surface area contributed by atoms with Gasteiger partial charge in [0.1, 0.15) is 5.75 Å². The number of amides is 1. The fourth-order valence-corrected chi connectivity index (χ4v) is 3.14. The molecular weight excluding hydrogens is 276 g/mol. The van der Waals surface area contributed by atoms with Crippen molar-refractivity contribution in [1.82, 2.24) is 10.2 Å². The van der Waals surface area contributed by atoms with Crippen molar-refractivity contribution in [3.63, 3.8) is 0 Å². The largest absolute Gasteiger partial charge is 0.507 e. The van der Waals surface area contributed by atoms with Crippen molar-refractivity contribution in [2.45, 2.75) is 52.5 Å². The lowest BCUT2D eigenvalue weighted by molar-refractivity contribution is 0.0943. The number of likely N-dealkylation sites (N-methyl/N-ethyl adjacent to an activating group) is 1. The quantitative estimate of drug-likeness (QED) is 0.849. The summed E-state index contributed by atoms with van der Waals surface area (Å²) in [5.74, 6) is -0.0694. The number of phenolic OH excluding ortho intramolecular Hbond substituents is 1. The number of phenols is 1. The topological polar surface area (TPSA) is 52.6 Å². The van der Waals surface area contributed by atoms with Crippen LogP contribution in [0.25, 0.3) is 0 Å². The van der Waals surface area contributed by atoms with Crippen molar-refractivity contribution in [2.75, 3.05) is 19.6 Å². The maximum atomic E-state index is 12.3. The van der Waals surface area contributed by atoms with Gasteiger partial charge in [-0.2, -0.15) is 0 Å². The molecule has 0 saturated heterocycles. The summed E-state index contributed by atoms with van der Waals surface area (Å²) in [5.41, 5.74) is 2.82. The molecule has 1 aromatic rings. The van der Waals surface area contributed by atoms with Crippen LogP contribution < -0.4 is 5.32 Å². The van der Waals surface area contributed by atoms with Gasteiger partial charge in [0.25, 0.3) is 5.91 Å². The molecule has 22 heavy (non-hydrogen) atoms. The highest BCUT2D eigenvalue weighted by atomic mass is 16.3. The van der Waals surface area contributed by atoms with Crippen LogP contribution in [0.2, 0.25) is 0 Å². The Balaban J connectivity index is 1.98. The Morgan fingerprint density at radius 3 is 2.50 bits per heavy atom. The fourth-order valence-electron chi connectivity index (χ4n) is 3.14. The molecule has 0 aromatic heterocycles. The maximum Gasteiger partial charge on any atom is 0.255 e. The minimum absolute atomic E-state index is 0.106. The van der Waals surface area contributed by atoms with Crippen molar-refractivity contribution in [3.05, 3.63) is 28.8 Å². The second kappa shape index (κ2) is 7.63. The summed E-state index contributed by atoms with van der Waals surface area (Å²) in [6.07, 6.45) is 4.34. The van der Waals surface area contributed by atoms with E-state index in [1.807, 2.05) is 6.07 Å². The Hall–Kier alpha value is -1.55. The molecule has 0 saturated carbocycles. The van der Waals surface area contributed by atoms with Crippen molar-refractivity contribution in [2.24, 2.45) is 0 Å². The molecule has 2 rings (SSSR count). The van der Waals surface area contributed by atoms with E-state index < -0.39 is 0 Å². The van der Waals surface area contributed by atoms with Gasteiger partial charge in [-0.05, 0) is 69.3 Å². The van der Waals surface area contributed by atoms with Crippen LogP contribution in [0.1, 0.15) is 55.1 Å². The average Bonchev–Trinajstić information content (AvgIpc) is 2.50. The molecule has 0 radical (unpaired) electrons. The molecule has 1 aromatic carbocycles. The number of aromatic hydroxyl groups is 1. The van der Waals surface area contributed by atoms with Crippen LogP contribution in [0.15, 0.2) is 12.1 Å². The second-order valence-electron chi connectivity index (χ2n) is 6.32. The first-order chi connectivity index (χ1) is 10.5. The molecule has 0 heterocycles. The minimum Gasteiger partial charge on any atom is -0.507 e. The lowest BCUT2D eigenvalue weighted by atomic mass is 9.90. The van der Waals surface area contributed by atoms with Crippen molar-refractivity contribution >= 4 is 5.91 Å². The van der Waals surface area contributed by atoms with Crippen LogP contribution in [0.3, 0.4) is 0 Å². The Morgan fingerprint density at radius 1 is 1.27 bits per heavy atom. The smallest absolute Gasteiger partial charge is 0.255 e. The molecule has 1 aliphatic rings. The molecule has 4 nitrogen and oxygen atoms in total. The molecule has 0 spiro atoms. The van der Waals surface area contributed by atoms with Crippen LogP contribution in [-0.2, 0) is 12.8 Å². The Kier molecular flexibility index (Phi) is 5.83. The lowest BCUT2D eigenvalue weighted by Crippen LogP contribution is -2.38. The van der Waals surface area contributed by atoms with Gasteiger partial charge in [-0.3, -0.25) is 9.69 Å². The zero-order chi connectivity index (χ0) is 16.1. The number of aryl methyl sites for hydroxylation is 2. The summed E-state index contributed by atoms with van der Waals surface area (Å²) in [7, 11) is 0. The molecule has 0 fully saturated rings. The van der Waals surface area contributed by atoms with Crippen molar-refractivity contribution < 1.29 is 9.90 Å². The first-order valence-electron chi connectivity index (χ1n) is 8.40. The van der Waals surface area contributed by atoms with Gasteiger partial charge in [-0.25, -0.2) is 0 Å². The van der Waals surface area contributed by atoms with Gasteiger partial charge in [0.2, 0.25) is 0 Å². The third-order valence-electron chi connectivity index (χ3n) is 4.53. The van der Waals surface area contributed by atoms with E-state index >= 15 is 0 Å². The third-order valence-corrected chi connectivity index (χ3v) is 4.53. The normalized spacial score (nSPS) is 14.2. The molecule has 0 bridgehead atoms. The zero-order valence-electron chi connectivity index (χ0n) is 14.0. The van der Waals surface area contributed by atoms with E-state index in [2.05, 4.69) is 31.0 Å². The number of nitrogens with zero attached hydrogens (tertiary/aromatic N) is 1. The standard InChI is InChI=1S/C18H28N2O2/c1-4-20(13(2)3)10-9-19-18(22)16-11-14-7-5-6-8-15(14)12-17(16)21/h11-13,21H,4-10H2,1-3H3,(H,19,22). The molecule has 1 aliphatic carbocycles. The highest BCUT2D eigenvalue weighted by molar-refractivity contribution is 5.97. The van der Waals surface area contributed by atoms with E-state index in [9.17, 15) is 9.90 Å². The molecule has 2 N–H and O–H groups in total. The third kappa shape index (κ3) is 4.01. The highest BCUT2D eigenvalue weighted by Gasteiger charge is 2.17. The maximum absolute atomic E-state index is 12.3. The number of benzene rings is 1. The number of hydrogen-bond acceptors (Lipinski definition) is 3. The zero-order valence-corrected chi connectivity index (χ0v) is 14.0. The predicted molar refractivity (Wildman–Crippen MR) is 89.5 cm³/mol. The van der Waals surface area contributed by atoms with E-state index in [1.54, 1.807) is 6.07 Å². The Labute approximate surface area is 133 Å². The van der Waals surface area contributed by atoms with Crippen LogP contribution in [0.4, 0.5) is 0 Å². The SMILES string of the molecule is CCN(CCNC(=O)c1cc2c(cc1O)CCCC2)C(C)C. The molecule has 1 amide bonds. The Bertz CT molecular complexity index is 526. The summed E-state index contributed by atoms with van der Waals surface area (Å²) in [6.45, 7) is 8.82. The lowest BCUT2D eigenvalue weighted by Gasteiger charge is -2.24. The van der Waals surface area contributed by atoms with Crippen molar-refractivity contribution in [1.29, 1.82) is 0 Å². The summed E-state index contributed by atoms with van der Waals surface area (Å²) < 4.78 is 0. The average molecular weight is 304 g/mol. The van der Waals surface area contributed by atoms with E-state index in [4.69, 9.17) is 0 Å². The number of hydrogen-bond donors (Lipinski definition) is 2. The summed E-state index contributed by atoms with van der Waals surface area (Å²) in [4.78, 5) is 14.6. The Morgan fingerprint density at radius 2 is 1.91 bits per heavy atom. The van der Waals surface area contributed by atoms with Crippen LogP contribution in [0, 0.1) is 0 Å². The molecule has 0 unspecified atom stereocenters. The van der Waals surface area contributed by atoms with Gasteiger partial charge in [-0.15, -0.1) is 0 Å². The van der Waals surface area contributed by atoms with E-state index in [0.717, 1.165) is 25.9 Å². The molecule has 0 atom stereocenters. The van der Waals surface area contributed by atoms with Gasteiger partial charge in [-0.1, -0.05) is 6.92 Å². The summed E-state index contributed by atoms with van der Waals surface area (Å²) in [6, 6.07) is 4.12. The van der Waals surface area contributed by atoms with Gasteiger partial charge < -0.3 is 10.4 Å². The second-order valence-corrected chi connectivity index (χ2v) is 6.32. The van der Waals surface area contributed by atoms with E-state index in [0.29, 0.717) is 18.2 Å². The number of carbonyl (C=O) groups excluding carboxylic acids is 1. The van der Waals surface area contributed by atoms with Crippen LogP contribution >= 0.6 is 0 Å². The van der Waals surface area contributed by atoms with Gasteiger partial charge >= 0.3 is 0 Å². The first kappa shape index (κ1) is 16.8. The number of carbonyl (C=O) groups is 1. The summed E-state index contributed by atoms with van der Waals surface area (Å²) in [5, 5.41) is 13.0. The van der Waals surface area contributed by atoms with Crippen LogP contribution in [0.5, 0.6) is 5.75 Å². The van der Waals surface area contributed by atoms with Gasteiger partial charge in [0, 0.05) is 19.1 Å². The highest BCUT2D eigenvalue weighted by Crippen LogP contribution is 2.28. The summed E-state index contributed by atoms with van der Waals surface area (Å²) >= 11 is 0. The molecule has 0 aliphatic heterocycles. The molecule has 122 valence electrons. The molecule has 4 heteroatoms. The monoisotopic (exact) mass is 304 g/mol. The number of fused-ring (bicyclic) bond motifs is 1. The number of rotatable bonds is 6. The van der Waals surface area contributed by atoms with Crippen LogP contribution in [-0.4, -0.2) is 41.6 Å². The first-order valence-corrected chi connectivity index (χ1v) is 8.40. The van der Waals surface area contributed by atoms with E-state index in [-0.39, 0.29) is 11.7 Å². The fraction of sp³-hybridized carbons (Fsp3) is 0.611. The molecular formula is C18H28N2O2. The van der Waals surface area contributed by atoms with E-state index in [1.165, 1.54) is 24.0 Å². The number of nitrogens with one attached hydrogen (secondary N) is 1. The van der Waals surface area contributed by atoms with Gasteiger partial charge in [0.05, 0.1) is 5.56 Å². The van der Waals surface area contributed by atoms with Crippen molar-refractivity contribution in [3.8, 4) is 5.75 Å². The minimum atomic E-state index is -0.175.